The first-order chi connectivity index (χ1) is 19.5. The van der Waals surface area contributed by atoms with Gasteiger partial charge in [0, 0.05) is 36.3 Å². The van der Waals surface area contributed by atoms with Crippen molar-refractivity contribution in [3.8, 4) is 11.1 Å². The van der Waals surface area contributed by atoms with Crippen molar-refractivity contribution >= 4 is 28.5 Å². The van der Waals surface area contributed by atoms with Crippen molar-refractivity contribution in [2.45, 2.75) is 72.1 Å². The van der Waals surface area contributed by atoms with Crippen LogP contribution < -0.4 is 5.32 Å². The zero-order chi connectivity index (χ0) is 29.1. The fraction of sp³-hybridized carbons (Fsp3) is 0.375. The molecule has 1 aliphatic carbocycles. The molecule has 3 heterocycles. The van der Waals surface area contributed by atoms with E-state index in [1.165, 1.54) is 6.92 Å². The van der Waals surface area contributed by atoms with Crippen molar-refractivity contribution in [1.29, 1.82) is 0 Å². The topological polar surface area (TPSA) is 110 Å². The fourth-order valence-corrected chi connectivity index (χ4v) is 6.10. The van der Waals surface area contributed by atoms with E-state index in [0.717, 1.165) is 28.7 Å². The van der Waals surface area contributed by atoms with Crippen molar-refractivity contribution in [1.82, 2.24) is 30.0 Å². The Morgan fingerprint density at radius 2 is 1.73 bits per heavy atom. The number of piperidine rings is 1. The molecular formula is C32H34N6O3. The van der Waals surface area contributed by atoms with Crippen LogP contribution in [0.3, 0.4) is 0 Å². The van der Waals surface area contributed by atoms with Gasteiger partial charge in [-0.2, -0.15) is 5.10 Å². The third-order valence-corrected chi connectivity index (χ3v) is 8.65. The smallest absolute Gasteiger partial charge is 0.245 e. The maximum atomic E-state index is 13.8. The van der Waals surface area contributed by atoms with Gasteiger partial charge in [0.2, 0.25) is 11.8 Å². The summed E-state index contributed by atoms with van der Waals surface area (Å²) in [7, 11) is 0. The highest BCUT2D eigenvalue weighted by atomic mass is 16.2. The molecular weight excluding hydrogens is 516 g/mol. The Kier molecular flexibility index (Phi) is 6.47. The molecule has 6 rings (SSSR count). The van der Waals surface area contributed by atoms with Crippen LogP contribution in [0.1, 0.15) is 67.1 Å². The van der Waals surface area contributed by atoms with Crippen LogP contribution in [0.25, 0.3) is 22.0 Å². The molecule has 2 fully saturated rings. The van der Waals surface area contributed by atoms with E-state index in [2.05, 4.69) is 27.3 Å². The van der Waals surface area contributed by atoms with Gasteiger partial charge in [-0.15, -0.1) is 0 Å². The minimum absolute atomic E-state index is 0.0303. The van der Waals surface area contributed by atoms with Gasteiger partial charge in [0.15, 0.2) is 5.78 Å². The molecule has 0 spiro atoms. The number of hydrogen-bond acceptors (Lipinski definition) is 6. The fourth-order valence-electron chi connectivity index (χ4n) is 6.10. The number of ketones is 1. The van der Waals surface area contributed by atoms with Gasteiger partial charge in [-0.05, 0) is 62.3 Å². The zero-order valence-corrected chi connectivity index (χ0v) is 24.0. The normalized spacial score (nSPS) is 21.9. The van der Waals surface area contributed by atoms with Gasteiger partial charge in [0.05, 0.1) is 11.6 Å². The summed E-state index contributed by atoms with van der Waals surface area (Å²) in [5.41, 5.74) is 4.81. The van der Waals surface area contributed by atoms with Gasteiger partial charge in [0.25, 0.3) is 0 Å². The maximum absolute atomic E-state index is 13.8. The monoisotopic (exact) mass is 550 g/mol. The van der Waals surface area contributed by atoms with Crippen LogP contribution in [0.2, 0.25) is 0 Å². The summed E-state index contributed by atoms with van der Waals surface area (Å²) in [5, 5.41) is 8.36. The van der Waals surface area contributed by atoms with E-state index in [9.17, 15) is 14.4 Å². The lowest BCUT2D eigenvalue weighted by Crippen LogP contribution is -2.49. The van der Waals surface area contributed by atoms with Gasteiger partial charge in [0.1, 0.15) is 24.1 Å². The highest BCUT2D eigenvalue weighted by Crippen LogP contribution is 2.59. The van der Waals surface area contributed by atoms with Gasteiger partial charge in [-0.3, -0.25) is 19.1 Å². The Bertz CT molecular complexity index is 1680. The Morgan fingerprint density at radius 1 is 1.02 bits per heavy atom. The quantitative estimate of drug-likeness (QED) is 0.338. The number of nitrogens with one attached hydrogen (secondary N) is 1. The predicted molar refractivity (Wildman–Crippen MR) is 155 cm³/mol. The number of rotatable bonds is 7. The molecule has 2 amide bonds. The molecule has 9 nitrogen and oxygen atoms in total. The molecule has 2 aliphatic rings. The average Bonchev–Trinajstić information content (AvgIpc) is 3.30. The van der Waals surface area contributed by atoms with Crippen molar-refractivity contribution < 1.29 is 14.4 Å². The Morgan fingerprint density at radius 3 is 2.41 bits per heavy atom. The third kappa shape index (κ3) is 4.90. The van der Waals surface area contributed by atoms with E-state index in [4.69, 9.17) is 0 Å². The maximum Gasteiger partial charge on any atom is 0.245 e. The van der Waals surface area contributed by atoms with Crippen molar-refractivity contribution in [3.05, 3.63) is 77.5 Å². The van der Waals surface area contributed by atoms with Crippen molar-refractivity contribution in [2.75, 3.05) is 0 Å². The molecule has 2 aromatic carbocycles. The molecule has 1 aliphatic heterocycles. The molecule has 0 bridgehead atoms. The highest BCUT2D eigenvalue weighted by Gasteiger charge is 2.64. The van der Waals surface area contributed by atoms with E-state index in [-0.39, 0.29) is 41.6 Å². The van der Waals surface area contributed by atoms with Crippen LogP contribution in [0.5, 0.6) is 0 Å². The summed E-state index contributed by atoms with van der Waals surface area (Å²) in [4.78, 5) is 50.2. The second-order valence-electron chi connectivity index (χ2n) is 11.8. The molecule has 2 aromatic heterocycles. The molecule has 4 atom stereocenters. The molecule has 1 N–H and O–H groups in total. The third-order valence-electron chi connectivity index (χ3n) is 8.65. The standard InChI is InChI=1S/C32H34N6O3/c1-18-6-8-22(9-7-18)19(2)35-31(41)27-13-32(5)14-28(32)38(27)29(40)17-37-26-11-10-23(24-15-33-21(4)34-16-24)12-25(26)30(36-37)20(3)39/h6-12,15-16,19,27-28H,13-14,17H2,1-5H3,(H,35,41)/t19-,27-,28?,32-/m0/s1. The van der Waals surface area contributed by atoms with Crippen LogP contribution in [0.15, 0.2) is 54.9 Å². The lowest BCUT2D eigenvalue weighted by Gasteiger charge is -2.28. The second kappa shape index (κ2) is 9.90. The number of Topliss-reactive ketones (excluding diaryl/α,β-unsaturated/α-hetero) is 1. The molecule has 9 heteroatoms. The van der Waals surface area contributed by atoms with Crippen LogP contribution in [-0.2, 0) is 16.1 Å². The van der Waals surface area contributed by atoms with Crippen molar-refractivity contribution in [2.24, 2.45) is 5.41 Å². The lowest BCUT2D eigenvalue weighted by molar-refractivity contribution is -0.140. The minimum Gasteiger partial charge on any atom is -0.348 e. The molecule has 1 saturated carbocycles. The molecule has 1 saturated heterocycles. The van der Waals surface area contributed by atoms with Gasteiger partial charge < -0.3 is 10.2 Å². The first-order valence-corrected chi connectivity index (χ1v) is 14.0. The lowest BCUT2D eigenvalue weighted by atomic mass is 10.0. The van der Waals surface area contributed by atoms with E-state index in [0.29, 0.717) is 28.8 Å². The SMILES string of the molecule is CC(=O)c1nn(CC(=O)N2C3C[C@]3(C)C[C@H]2C(=O)N[C@@H](C)c2ccc(C)cc2)c2ccc(-c3cnc(C)nc3)cc12. The molecule has 1 unspecified atom stereocenters. The summed E-state index contributed by atoms with van der Waals surface area (Å²) in [6, 6.07) is 13.1. The zero-order valence-electron chi connectivity index (χ0n) is 24.0. The van der Waals surface area contributed by atoms with E-state index >= 15 is 0 Å². The summed E-state index contributed by atoms with van der Waals surface area (Å²) in [6.07, 6.45) is 5.01. The van der Waals surface area contributed by atoms with Crippen molar-refractivity contribution in [3.63, 3.8) is 0 Å². The number of amides is 2. The van der Waals surface area contributed by atoms with Crippen LogP contribution >= 0.6 is 0 Å². The number of aryl methyl sites for hydroxylation is 2. The number of likely N-dealkylation sites (tertiary alicyclic amines) is 1. The summed E-state index contributed by atoms with van der Waals surface area (Å²) < 4.78 is 1.59. The highest BCUT2D eigenvalue weighted by molar-refractivity contribution is 6.06. The van der Waals surface area contributed by atoms with Gasteiger partial charge in [-0.1, -0.05) is 42.8 Å². The first-order valence-electron chi connectivity index (χ1n) is 14.0. The minimum atomic E-state index is -0.540. The number of fused-ring (bicyclic) bond motifs is 2. The van der Waals surface area contributed by atoms with E-state index in [1.54, 1.807) is 22.0 Å². The summed E-state index contributed by atoms with van der Waals surface area (Å²) in [6.45, 7) is 9.37. The molecule has 4 aromatic rings. The Balaban J connectivity index is 1.25. The summed E-state index contributed by atoms with van der Waals surface area (Å²) >= 11 is 0. The number of carbonyl (C=O) groups is 3. The van der Waals surface area contributed by atoms with E-state index < -0.39 is 6.04 Å². The van der Waals surface area contributed by atoms with Crippen LogP contribution in [0.4, 0.5) is 0 Å². The number of aromatic nitrogens is 4. The molecule has 210 valence electrons. The van der Waals surface area contributed by atoms with Gasteiger partial charge >= 0.3 is 0 Å². The number of nitrogens with zero attached hydrogens (tertiary/aromatic N) is 5. The number of carbonyl (C=O) groups excluding carboxylic acids is 3. The van der Waals surface area contributed by atoms with E-state index in [1.807, 2.05) is 63.2 Å². The second-order valence-corrected chi connectivity index (χ2v) is 11.8. The first kappa shape index (κ1) is 26.8. The molecule has 41 heavy (non-hydrogen) atoms. The number of benzene rings is 2. The Hall–Kier alpha value is -4.40. The van der Waals surface area contributed by atoms with Crippen LogP contribution in [0, 0.1) is 19.3 Å². The largest absolute Gasteiger partial charge is 0.348 e. The average molecular weight is 551 g/mol. The molecule has 0 radical (unpaired) electrons. The Labute approximate surface area is 239 Å². The number of hydrogen-bond donors (Lipinski definition) is 1. The van der Waals surface area contributed by atoms with Crippen LogP contribution in [-0.4, -0.2) is 54.3 Å². The summed E-state index contributed by atoms with van der Waals surface area (Å²) in [5.74, 6) is 0.182. The predicted octanol–water partition coefficient (Wildman–Crippen LogP) is 4.57. The van der Waals surface area contributed by atoms with Gasteiger partial charge in [-0.25, -0.2) is 9.97 Å².